The largest absolute Gasteiger partial charge is 0.493 e. The van der Waals surface area contributed by atoms with Crippen LogP contribution in [0.5, 0.6) is 17.2 Å². The third-order valence-corrected chi connectivity index (χ3v) is 4.49. The lowest BCUT2D eigenvalue weighted by molar-refractivity contribution is -0.128. The highest BCUT2D eigenvalue weighted by Gasteiger charge is 2.19. The molecule has 1 amide bonds. The van der Waals surface area contributed by atoms with E-state index in [1.165, 1.54) is 0 Å². The maximum absolute atomic E-state index is 12.6. The van der Waals surface area contributed by atoms with Gasteiger partial charge in [-0.3, -0.25) is 4.79 Å². The quantitative estimate of drug-likeness (QED) is 0.688. The molecule has 0 heterocycles. The van der Waals surface area contributed by atoms with Crippen molar-refractivity contribution in [3.63, 3.8) is 0 Å². The molecule has 0 aliphatic heterocycles. The molecular formula is C21H26ClNO4. The molecular weight excluding hydrogens is 366 g/mol. The number of hydrogen-bond acceptors (Lipinski definition) is 4. The molecule has 2 aromatic rings. The van der Waals surface area contributed by atoms with Crippen LogP contribution >= 0.6 is 11.6 Å². The van der Waals surface area contributed by atoms with Crippen LogP contribution < -0.4 is 19.5 Å². The van der Waals surface area contributed by atoms with Gasteiger partial charge < -0.3 is 19.5 Å². The molecule has 0 spiro atoms. The van der Waals surface area contributed by atoms with E-state index in [1.54, 1.807) is 20.3 Å². The summed E-state index contributed by atoms with van der Waals surface area (Å²) in [5, 5.41) is 3.58. The first kappa shape index (κ1) is 20.9. The minimum absolute atomic E-state index is 0.163. The van der Waals surface area contributed by atoms with Crippen LogP contribution in [0.1, 0.15) is 31.4 Å². The van der Waals surface area contributed by atoms with E-state index in [0.717, 1.165) is 17.5 Å². The summed E-state index contributed by atoms with van der Waals surface area (Å²) in [6.07, 6.45) is 0.764. The highest BCUT2D eigenvalue weighted by molar-refractivity contribution is 6.30. The normalized spacial score (nSPS) is 11.6. The number of ether oxygens (including phenoxy) is 3. The Labute approximate surface area is 165 Å². The number of methoxy groups -OCH3 is 2. The van der Waals surface area contributed by atoms with Crippen molar-refractivity contribution >= 4 is 17.5 Å². The van der Waals surface area contributed by atoms with Crippen molar-refractivity contribution in [2.45, 2.75) is 39.3 Å². The molecule has 0 aliphatic rings. The van der Waals surface area contributed by atoms with Crippen molar-refractivity contribution in [3.8, 4) is 17.2 Å². The second-order valence-electron chi connectivity index (χ2n) is 6.03. The third kappa shape index (κ3) is 5.54. The highest BCUT2D eigenvalue weighted by atomic mass is 35.5. The fraction of sp³-hybridized carbons (Fsp3) is 0.381. The van der Waals surface area contributed by atoms with Crippen LogP contribution in [0, 0.1) is 0 Å². The first-order valence-corrected chi connectivity index (χ1v) is 9.33. The number of nitrogens with one attached hydrogen (secondary N) is 1. The number of benzene rings is 2. The van der Waals surface area contributed by atoms with Crippen molar-refractivity contribution in [2.24, 2.45) is 0 Å². The fourth-order valence-corrected chi connectivity index (χ4v) is 2.90. The van der Waals surface area contributed by atoms with Crippen molar-refractivity contribution in [2.75, 3.05) is 14.2 Å². The van der Waals surface area contributed by atoms with Crippen molar-refractivity contribution in [3.05, 3.63) is 52.5 Å². The lowest BCUT2D eigenvalue weighted by Crippen LogP contribution is -2.37. The van der Waals surface area contributed by atoms with Crippen molar-refractivity contribution in [1.29, 1.82) is 0 Å². The summed E-state index contributed by atoms with van der Waals surface area (Å²) in [5.74, 6) is 1.80. The molecule has 5 nitrogen and oxygen atoms in total. The zero-order valence-corrected chi connectivity index (χ0v) is 16.9. The summed E-state index contributed by atoms with van der Waals surface area (Å²) < 4.78 is 16.5. The summed E-state index contributed by atoms with van der Waals surface area (Å²) in [7, 11) is 3.17. The smallest absolute Gasteiger partial charge is 0.261 e. The number of carbonyl (C=O) groups is 1. The Kier molecular flexibility index (Phi) is 7.80. The summed E-state index contributed by atoms with van der Waals surface area (Å²) in [4.78, 5) is 12.6. The van der Waals surface area contributed by atoms with E-state index in [4.69, 9.17) is 25.8 Å². The van der Waals surface area contributed by atoms with Crippen LogP contribution in [0.4, 0.5) is 0 Å². The molecule has 1 atom stereocenters. The Balaban J connectivity index is 2.03. The molecule has 2 rings (SSSR count). The molecule has 0 saturated carbocycles. The van der Waals surface area contributed by atoms with Gasteiger partial charge in [-0.2, -0.15) is 0 Å². The predicted molar refractivity (Wildman–Crippen MR) is 107 cm³/mol. The monoisotopic (exact) mass is 391 g/mol. The summed E-state index contributed by atoms with van der Waals surface area (Å²) in [5.41, 5.74) is 1.89. The Morgan fingerprint density at radius 3 is 2.37 bits per heavy atom. The highest BCUT2D eigenvalue weighted by Crippen LogP contribution is 2.28. The van der Waals surface area contributed by atoms with Gasteiger partial charge in [0.2, 0.25) is 0 Å². The molecule has 146 valence electrons. The first-order valence-electron chi connectivity index (χ1n) is 8.96. The second-order valence-corrected chi connectivity index (χ2v) is 6.46. The summed E-state index contributed by atoms with van der Waals surface area (Å²) in [6, 6.07) is 11.0. The standard InChI is InChI=1S/C21H26ClNO4/c1-5-15-12-16(22)8-10-18(15)27-17(6-2)21(24)23-13-14-7-9-19(25-3)20(11-14)26-4/h7-12,17H,5-6,13H2,1-4H3,(H,23,24). The number of rotatable bonds is 9. The number of aryl methyl sites for hydroxylation is 1. The molecule has 0 aromatic heterocycles. The van der Waals surface area contributed by atoms with Gasteiger partial charge in [0.25, 0.3) is 5.91 Å². The van der Waals surface area contributed by atoms with Crippen molar-refractivity contribution in [1.82, 2.24) is 5.32 Å². The van der Waals surface area contributed by atoms with Gasteiger partial charge in [-0.05, 0) is 54.3 Å². The summed E-state index contributed by atoms with van der Waals surface area (Å²) >= 11 is 6.04. The molecule has 0 radical (unpaired) electrons. The van der Waals surface area contributed by atoms with Gasteiger partial charge in [0.15, 0.2) is 17.6 Å². The Hall–Kier alpha value is -2.40. The van der Waals surface area contributed by atoms with Crippen molar-refractivity contribution < 1.29 is 19.0 Å². The van der Waals surface area contributed by atoms with Gasteiger partial charge in [0.05, 0.1) is 14.2 Å². The van der Waals surface area contributed by atoms with E-state index in [9.17, 15) is 4.79 Å². The first-order chi connectivity index (χ1) is 13.0. The molecule has 0 fully saturated rings. The molecule has 0 saturated heterocycles. The fourth-order valence-electron chi connectivity index (χ4n) is 2.71. The third-order valence-electron chi connectivity index (χ3n) is 4.25. The summed E-state index contributed by atoms with van der Waals surface area (Å²) in [6.45, 7) is 4.32. The second kappa shape index (κ2) is 10.1. The molecule has 1 unspecified atom stereocenters. The van der Waals surface area contributed by atoms with Gasteiger partial charge in [0, 0.05) is 11.6 Å². The molecule has 0 bridgehead atoms. The Morgan fingerprint density at radius 1 is 1.04 bits per heavy atom. The van der Waals surface area contributed by atoms with Crippen LogP contribution in [0.15, 0.2) is 36.4 Å². The van der Waals surface area contributed by atoms with Crippen LogP contribution in [-0.4, -0.2) is 26.2 Å². The van der Waals surface area contributed by atoms with Gasteiger partial charge in [-0.25, -0.2) is 0 Å². The minimum Gasteiger partial charge on any atom is -0.493 e. The van der Waals surface area contributed by atoms with E-state index < -0.39 is 6.10 Å². The van der Waals surface area contributed by atoms with Gasteiger partial charge in [-0.1, -0.05) is 31.5 Å². The lowest BCUT2D eigenvalue weighted by atomic mass is 10.1. The van der Waals surface area contributed by atoms with Crippen LogP contribution in [-0.2, 0) is 17.8 Å². The van der Waals surface area contributed by atoms with E-state index >= 15 is 0 Å². The van der Waals surface area contributed by atoms with E-state index in [0.29, 0.717) is 35.2 Å². The molecule has 6 heteroatoms. The van der Waals surface area contributed by atoms with Gasteiger partial charge in [0.1, 0.15) is 5.75 Å². The minimum atomic E-state index is -0.573. The maximum atomic E-state index is 12.6. The molecule has 27 heavy (non-hydrogen) atoms. The van der Waals surface area contributed by atoms with Crippen LogP contribution in [0.3, 0.4) is 0 Å². The molecule has 1 N–H and O–H groups in total. The number of amides is 1. The topological polar surface area (TPSA) is 56.8 Å². The number of hydrogen-bond donors (Lipinski definition) is 1. The SMILES string of the molecule is CCc1cc(Cl)ccc1OC(CC)C(=O)NCc1ccc(OC)c(OC)c1. The van der Waals surface area contributed by atoms with E-state index in [2.05, 4.69) is 5.32 Å². The molecule has 2 aromatic carbocycles. The van der Waals surface area contributed by atoms with E-state index in [-0.39, 0.29) is 5.91 Å². The van der Waals surface area contributed by atoms with E-state index in [1.807, 2.05) is 44.2 Å². The van der Waals surface area contributed by atoms with Gasteiger partial charge >= 0.3 is 0 Å². The zero-order chi connectivity index (χ0) is 19.8. The number of halogens is 1. The average molecular weight is 392 g/mol. The van der Waals surface area contributed by atoms with Gasteiger partial charge in [-0.15, -0.1) is 0 Å². The lowest BCUT2D eigenvalue weighted by Gasteiger charge is -2.19. The molecule has 0 aliphatic carbocycles. The Morgan fingerprint density at radius 2 is 1.74 bits per heavy atom. The zero-order valence-electron chi connectivity index (χ0n) is 16.2. The average Bonchev–Trinajstić information content (AvgIpc) is 2.70. The number of carbonyl (C=O) groups excluding carboxylic acids is 1. The maximum Gasteiger partial charge on any atom is 0.261 e. The Bertz CT molecular complexity index is 779. The van der Waals surface area contributed by atoms with Crippen LogP contribution in [0.2, 0.25) is 5.02 Å². The predicted octanol–water partition coefficient (Wildman–Crippen LogP) is 4.39. The van der Waals surface area contributed by atoms with Crippen LogP contribution in [0.25, 0.3) is 0 Å².